The zero-order valence-corrected chi connectivity index (χ0v) is 12.3. The summed E-state index contributed by atoms with van der Waals surface area (Å²) < 4.78 is 5.27. The van der Waals surface area contributed by atoms with E-state index in [1.54, 1.807) is 0 Å². The second-order valence-electron chi connectivity index (χ2n) is 5.14. The summed E-state index contributed by atoms with van der Waals surface area (Å²) in [4.78, 5) is 4.38. The molecule has 0 radical (unpaired) electrons. The normalized spacial score (nSPS) is 14.3. The van der Waals surface area contributed by atoms with Crippen molar-refractivity contribution in [3.05, 3.63) is 34.9 Å². The molecule has 0 spiro atoms. The second-order valence-corrected chi connectivity index (χ2v) is 5.14. The van der Waals surface area contributed by atoms with Gasteiger partial charge >= 0.3 is 0 Å². The zero-order chi connectivity index (χ0) is 14.2. The lowest BCUT2D eigenvalue weighted by Gasteiger charge is -2.06. The molecule has 2 rings (SSSR count). The van der Waals surface area contributed by atoms with Crippen LogP contribution in [0.4, 0.5) is 0 Å². The van der Waals surface area contributed by atoms with Gasteiger partial charge in [0, 0.05) is 19.8 Å². The van der Waals surface area contributed by atoms with Crippen LogP contribution >= 0.6 is 0 Å². The summed E-state index contributed by atoms with van der Waals surface area (Å²) in [7, 11) is 0. The van der Waals surface area contributed by atoms with Gasteiger partial charge in [-0.3, -0.25) is 0 Å². The summed E-state index contributed by atoms with van der Waals surface area (Å²) in [6.45, 7) is 4.99. The Kier molecular flexibility index (Phi) is 5.87. The molecule has 0 aliphatic heterocycles. The van der Waals surface area contributed by atoms with Crippen molar-refractivity contribution >= 4 is 5.96 Å². The summed E-state index contributed by atoms with van der Waals surface area (Å²) >= 11 is 0. The third-order valence-corrected chi connectivity index (χ3v) is 3.57. The molecule has 4 heteroatoms. The van der Waals surface area contributed by atoms with Crippen LogP contribution in [0.2, 0.25) is 0 Å². The molecule has 0 fully saturated rings. The Morgan fingerprint density at radius 2 is 2.20 bits per heavy atom. The maximum atomic E-state index is 5.85. The van der Waals surface area contributed by atoms with Crippen molar-refractivity contribution in [1.29, 1.82) is 0 Å². The molecule has 0 aromatic heterocycles. The maximum Gasteiger partial charge on any atom is 0.188 e. The first kappa shape index (κ1) is 14.9. The molecular weight excluding hydrogens is 250 g/mol. The smallest absolute Gasteiger partial charge is 0.188 e. The lowest BCUT2D eigenvalue weighted by atomic mass is 10.1. The minimum Gasteiger partial charge on any atom is -0.382 e. The molecule has 1 aromatic carbocycles. The molecule has 0 unspecified atom stereocenters. The molecule has 1 aliphatic rings. The van der Waals surface area contributed by atoms with E-state index in [1.165, 1.54) is 36.0 Å². The van der Waals surface area contributed by atoms with Crippen molar-refractivity contribution in [3.63, 3.8) is 0 Å². The van der Waals surface area contributed by atoms with Crippen LogP contribution in [-0.2, 0) is 24.1 Å². The van der Waals surface area contributed by atoms with E-state index in [-0.39, 0.29) is 0 Å². The fourth-order valence-electron chi connectivity index (χ4n) is 2.49. The number of nitrogens with two attached hydrogens (primary N) is 1. The molecule has 3 N–H and O–H groups in total. The van der Waals surface area contributed by atoms with Crippen molar-refractivity contribution in [2.45, 2.75) is 39.2 Å². The van der Waals surface area contributed by atoms with Gasteiger partial charge in [0.15, 0.2) is 5.96 Å². The fraction of sp³-hybridized carbons (Fsp3) is 0.562. The summed E-state index contributed by atoms with van der Waals surface area (Å²) in [6.07, 6.45) is 4.66. The van der Waals surface area contributed by atoms with Crippen molar-refractivity contribution in [3.8, 4) is 0 Å². The topological polar surface area (TPSA) is 59.6 Å². The molecule has 0 atom stereocenters. The largest absolute Gasteiger partial charge is 0.382 e. The molecule has 0 heterocycles. The number of nitrogens with zero attached hydrogens (tertiary/aromatic N) is 1. The molecule has 0 bridgehead atoms. The van der Waals surface area contributed by atoms with Crippen molar-refractivity contribution in [1.82, 2.24) is 5.32 Å². The Morgan fingerprint density at radius 1 is 1.35 bits per heavy atom. The Bertz CT molecular complexity index is 457. The number of ether oxygens (including phenoxy) is 1. The van der Waals surface area contributed by atoms with E-state index in [0.717, 1.165) is 26.2 Å². The van der Waals surface area contributed by atoms with Crippen LogP contribution in [-0.4, -0.2) is 25.7 Å². The molecular formula is C16H25N3O. The van der Waals surface area contributed by atoms with Crippen molar-refractivity contribution < 1.29 is 4.74 Å². The van der Waals surface area contributed by atoms with Crippen LogP contribution in [0.5, 0.6) is 0 Å². The molecule has 20 heavy (non-hydrogen) atoms. The molecule has 110 valence electrons. The van der Waals surface area contributed by atoms with E-state index in [9.17, 15) is 0 Å². The molecule has 0 amide bonds. The van der Waals surface area contributed by atoms with Gasteiger partial charge in [-0.2, -0.15) is 0 Å². The van der Waals surface area contributed by atoms with Gasteiger partial charge in [0.25, 0.3) is 0 Å². The number of aryl methyl sites for hydroxylation is 2. The number of hydrogen-bond acceptors (Lipinski definition) is 2. The first-order chi connectivity index (χ1) is 9.79. The third kappa shape index (κ3) is 4.53. The zero-order valence-electron chi connectivity index (χ0n) is 12.3. The summed E-state index contributed by atoms with van der Waals surface area (Å²) in [5.74, 6) is 0.516. The maximum absolute atomic E-state index is 5.85. The Labute approximate surface area is 121 Å². The number of benzene rings is 1. The average Bonchev–Trinajstić information content (AvgIpc) is 2.92. The van der Waals surface area contributed by atoms with Crippen LogP contribution in [0.25, 0.3) is 0 Å². The van der Waals surface area contributed by atoms with E-state index in [0.29, 0.717) is 12.5 Å². The number of guanidine groups is 1. The van der Waals surface area contributed by atoms with Gasteiger partial charge in [-0.1, -0.05) is 18.2 Å². The molecule has 0 saturated heterocycles. The van der Waals surface area contributed by atoms with Gasteiger partial charge in [-0.25, -0.2) is 4.99 Å². The summed E-state index contributed by atoms with van der Waals surface area (Å²) in [5.41, 5.74) is 10.1. The number of hydrogen-bond donors (Lipinski definition) is 2. The van der Waals surface area contributed by atoms with E-state index in [2.05, 4.69) is 28.5 Å². The molecule has 1 aliphatic carbocycles. The van der Waals surface area contributed by atoms with Gasteiger partial charge in [-0.15, -0.1) is 0 Å². The van der Waals surface area contributed by atoms with Crippen LogP contribution in [0, 0.1) is 0 Å². The lowest BCUT2D eigenvalue weighted by molar-refractivity contribution is 0.145. The first-order valence-corrected chi connectivity index (χ1v) is 7.52. The fourth-order valence-corrected chi connectivity index (χ4v) is 2.49. The standard InChI is InChI=1S/C16H25N3O/c1-2-20-10-4-9-18-16(17)19-12-13-7-8-14-5-3-6-15(14)11-13/h7-8,11H,2-6,9-10,12H2,1H3,(H3,17,18,19). The van der Waals surface area contributed by atoms with Gasteiger partial charge < -0.3 is 15.8 Å². The van der Waals surface area contributed by atoms with Crippen LogP contribution in [0.1, 0.15) is 36.5 Å². The summed E-state index contributed by atoms with van der Waals surface area (Å²) in [6, 6.07) is 6.67. The van der Waals surface area contributed by atoms with Crippen molar-refractivity contribution in [2.24, 2.45) is 10.7 Å². The first-order valence-electron chi connectivity index (χ1n) is 7.52. The monoisotopic (exact) mass is 275 g/mol. The van der Waals surface area contributed by atoms with E-state index < -0.39 is 0 Å². The molecule has 1 aromatic rings. The number of rotatable bonds is 7. The quantitative estimate of drug-likeness (QED) is 0.454. The van der Waals surface area contributed by atoms with Crippen LogP contribution in [0.3, 0.4) is 0 Å². The summed E-state index contributed by atoms with van der Waals surface area (Å²) in [5, 5.41) is 3.11. The minimum absolute atomic E-state index is 0.516. The highest BCUT2D eigenvalue weighted by Crippen LogP contribution is 2.22. The van der Waals surface area contributed by atoms with Crippen LogP contribution in [0.15, 0.2) is 23.2 Å². The van der Waals surface area contributed by atoms with Crippen LogP contribution < -0.4 is 11.1 Å². The van der Waals surface area contributed by atoms with Gasteiger partial charge in [0.2, 0.25) is 0 Å². The molecule has 0 saturated carbocycles. The van der Waals surface area contributed by atoms with E-state index in [1.807, 2.05) is 6.92 Å². The highest BCUT2D eigenvalue weighted by atomic mass is 16.5. The minimum atomic E-state index is 0.516. The predicted molar refractivity (Wildman–Crippen MR) is 82.9 cm³/mol. The average molecular weight is 275 g/mol. The Hall–Kier alpha value is -1.55. The van der Waals surface area contributed by atoms with Gasteiger partial charge in [0.1, 0.15) is 0 Å². The Morgan fingerprint density at radius 3 is 3.05 bits per heavy atom. The third-order valence-electron chi connectivity index (χ3n) is 3.57. The van der Waals surface area contributed by atoms with E-state index >= 15 is 0 Å². The second kappa shape index (κ2) is 7.90. The molecule has 4 nitrogen and oxygen atoms in total. The predicted octanol–water partition coefficient (Wildman–Crippen LogP) is 2.01. The number of aliphatic imine (C=N–C) groups is 1. The lowest BCUT2D eigenvalue weighted by Crippen LogP contribution is -2.32. The van der Waals surface area contributed by atoms with E-state index in [4.69, 9.17) is 10.5 Å². The number of fused-ring (bicyclic) bond motifs is 1. The SMILES string of the molecule is CCOCCCNC(N)=NCc1ccc2c(c1)CCC2. The number of nitrogens with one attached hydrogen (secondary N) is 1. The van der Waals surface area contributed by atoms with Crippen molar-refractivity contribution in [2.75, 3.05) is 19.8 Å². The van der Waals surface area contributed by atoms with Gasteiger partial charge in [0.05, 0.1) is 6.54 Å². The Balaban J connectivity index is 1.74. The highest BCUT2D eigenvalue weighted by molar-refractivity contribution is 5.77. The van der Waals surface area contributed by atoms with Gasteiger partial charge in [-0.05, 0) is 49.3 Å². The highest BCUT2D eigenvalue weighted by Gasteiger charge is 2.10.